The maximum Gasteiger partial charge on any atom is 0.256 e. The molecule has 2 aromatic rings. The van der Waals surface area contributed by atoms with E-state index in [0.29, 0.717) is 41.9 Å². The standard InChI is InChI=1S/C22H25FN4O3/c1-4-27(5-2)9-8-24-22(30)20-13(3)18(25-19(20)12-28)11-16-15-10-14(23)6-7-17(15)26-21(16)29/h6-7,10-12,25H,4-5,8-9H2,1-3H3,(H,24,30)(H,26,29)/b16-11-. The fourth-order valence-electron chi connectivity index (χ4n) is 3.57. The molecule has 0 bridgehead atoms. The van der Waals surface area contributed by atoms with E-state index in [1.54, 1.807) is 6.92 Å². The molecule has 30 heavy (non-hydrogen) atoms. The minimum Gasteiger partial charge on any atom is -0.352 e. The molecule has 2 heterocycles. The molecule has 7 nitrogen and oxygen atoms in total. The van der Waals surface area contributed by atoms with Gasteiger partial charge in [-0.05, 0) is 49.9 Å². The lowest BCUT2D eigenvalue weighted by atomic mass is 10.0. The van der Waals surface area contributed by atoms with Crippen molar-refractivity contribution in [2.75, 3.05) is 31.5 Å². The van der Waals surface area contributed by atoms with Gasteiger partial charge in [0.2, 0.25) is 0 Å². The Hall–Kier alpha value is -3.26. The van der Waals surface area contributed by atoms with Crippen molar-refractivity contribution in [3.63, 3.8) is 0 Å². The van der Waals surface area contributed by atoms with Crippen molar-refractivity contribution in [2.45, 2.75) is 20.8 Å². The minimum atomic E-state index is -0.457. The maximum atomic E-state index is 13.7. The molecule has 1 aliphatic rings. The van der Waals surface area contributed by atoms with Crippen molar-refractivity contribution in [1.29, 1.82) is 0 Å². The van der Waals surface area contributed by atoms with Crippen LogP contribution in [0.15, 0.2) is 18.2 Å². The van der Waals surface area contributed by atoms with Gasteiger partial charge in [0, 0.05) is 30.0 Å². The SMILES string of the molecule is CCN(CC)CCNC(=O)c1c(C=O)[nH]c(/C=C2\C(=O)Nc3ccc(F)cc32)c1C. The summed E-state index contributed by atoms with van der Waals surface area (Å²) in [4.78, 5) is 41.7. The number of carbonyl (C=O) groups is 3. The Morgan fingerprint density at radius 1 is 1.23 bits per heavy atom. The van der Waals surface area contributed by atoms with Crippen LogP contribution in [0.25, 0.3) is 11.6 Å². The van der Waals surface area contributed by atoms with Crippen LogP contribution in [0, 0.1) is 12.7 Å². The topological polar surface area (TPSA) is 94.3 Å². The van der Waals surface area contributed by atoms with Crippen LogP contribution in [0.1, 0.15) is 51.5 Å². The lowest BCUT2D eigenvalue weighted by molar-refractivity contribution is -0.110. The highest BCUT2D eigenvalue weighted by Crippen LogP contribution is 2.34. The minimum absolute atomic E-state index is 0.137. The number of amides is 2. The fourth-order valence-corrected chi connectivity index (χ4v) is 3.57. The first kappa shape index (κ1) is 21.4. The molecule has 0 atom stereocenters. The summed E-state index contributed by atoms with van der Waals surface area (Å²) in [5.41, 5.74) is 2.59. The van der Waals surface area contributed by atoms with Gasteiger partial charge < -0.3 is 20.5 Å². The van der Waals surface area contributed by atoms with Crippen LogP contribution in [-0.2, 0) is 4.79 Å². The van der Waals surface area contributed by atoms with Crippen LogP contribution in [0.4, 0.5) is 10.1 Å². The first-order chi connectivity index (χ1) is 14.4. The first-order valence-corrected chi connectivity index (χ1v) is 9.90. The van der Waals surface area contributed by atoms with E-state index >= 15 is 0 Å². The van der Waals surface area contributed by atoms with Crippen molar-refractivity contribution in [1.82, 2.24) is 15.2 Å². The van der Waals surface area contributed by atoms with Crippen molar-refractivity contribution in [2.24, 2.45) is 0 Å². The number of aromatic amines is 1. The van der Waals surface area contributed by atoms with E-state index in [9.17, 15) is 18.8 Å². The smallest absolute Gasteiger partial charge is 0.256 e. The van der Waals surface area contributed by atoms with Crippen LogP contribution >= 0.6 is 0 Å². The van der Waals surface area contributed by atoms with E-state index in [1.807, 2.05) is 0 Å². The van der Waals surface area contributed by atoms with Crippen molar-refractivity contribution < 1.29 is 18.8 Å². The van der Waals surface area contributed by atoms with E-state index in [4.69, 9.17) is 0 Å². The van der Waals surface area contributed by atoms with Crippen LogP contribution in [-0.4, -0.2) is 54.2 Å². The van der Waals surface area contributed by atoms with Gasteiger partial charge in [-0.2, -0.15) is 0 Å². The van der Waals surface area contributed by atoms with Gasteiger partial charge in [-0.1, -0.05) is 13.8 Å². The van der Waals surface area contributed by atoms with Crippen LogP contribution in [0.3, 0.4) is 0 Å². The lowest BCUT2D eigenvalue weighted by Gasteiger charge is -2.18. The van der Waals surface area contributed by atoms with Crippen LogP contribution < -0.4 is 10.6 Å². The van der Waals surface area contributed by atoms with E-state index in [0.717, 1.165) is 13.1 Å². The summed E-state index contributed by atoms with van der Waals surface area (Å²) in [7, 11) is 0. The summed E-state index contributed by atoms with van der Waals surface area (Å²) < 4.78 is 13.7. The van der Waals surface area contributed by atoms with Crippen LogP contribution in [0.5, 0.6) is 0 Å². The van der Waals surface area contributed by atoms with E-state index in [1.165, 1.54) is 24.3 Å². The molecule has 3 N–H and O–H groups in total. The average molecular weight is 412 g/mol. The number of fused-ring (bicyclic) bond motifs is 1. The van der Waals surface area contributed by atoms with E-state index in [2.05, 4.69) is 34.4 Å². The number of anilines is 1. The van der Waals surface area contributed by atoms with Gasteiger partial charge in [-0.25, -0.2) is 4.39 Å². The predicted octanol–water partition coefficient (Wildman–Crippen LogP) is 2.84. The molecule has 8 heteroatoms. The first-order valence-electron chi connectivity index (χ1n) is 9.90. The lowest BCUT2D eigenvalue weighted by Crippen LogP contribution is -2.35. The zero-order valence-corrected chi connectivity index (χ0v) is 17.3. The molecule has 3 rings (SSSR count). The molecule has 0 aliphatic carbocycles. The summed E-state index contributed by atoms with van der Waals surface area (Å²) in [6, 6.07) is 4.04. The number of nitrogens with zero attached hydrogens (tertiary/aromatic N) is 1. The number of hydrogen-bond acceptors (Lipinski definition) is 4. The van der Waals surface area contributed by atoms with Crippen LogP contribution in [0.2, 0.25) is 0 Å². The molecule has 0 saturated heterocycles. The Morgan fingerprint density at radius 3 is 2.63 bits per heavy atom. The molecule has 0 fully saturated rings. The maximum absolute atomic E-state index is 13.7. The number of H-pyrrole nitrogens is 1. The second-order valence-electron chi connectivity index (χ2n) is 7.06. The van der Waals surface area contributed by atoms with Gasteiger partial charge in [0.15, 0.2) is 6.29 Å². The number of benzene rings is 1. The van der Waals surface area contributed by atoms with Crippen molar-refractivity contribution in [3.05, 3.63) is 52.1 Å². The molecule has 0 radical (unpaired) electrons. The zero-order valence-electron chi connectivity index (χ0n) is 17.3. The molecule has 0 spiro atoms. The summed E-state index contributed by atoms with van der Waals surface area (Å²) in [6.45, 7) is 8.74. The summed E-state index contributed by atoms with van der Waals surface area (Å²) in [5.74, 6) is -1.19. The highest BCUT2D eigenvalue weighted by molar-refractivity contribution is 6.35. The van der Waals surface area contributed by atoms with Crippen molar-refractivity contribution >= 4 is 35.4 Å². The Bertz CT molecular complexity index is 1020. The molecule has 1 aromatic heterocycles. The molecular formula is C22H25FN4O3. The number of aromatic nitrogens is 1. The molecule has 0 saturated carbocycles. The number of hydrogen-bond donors (Lipinski definition) is 3. The van der Waals surface area contributed by atoms with E-state index in [-0.39, 0.29) is 28.6 Å². The molecular weight excluding hydrogens is 387 g/mol. The summed E-state index contributed by atoms with van der Waals surface area (Å²) in [5, 5.41) is 5.52. The third-order valence-corrected chi connectivity index (χ3v) is 5.32. The molecule has 1 aromatic carbocycles. The number of halogens is 1. The Morgan fingerprint density at radius 2 is 1.97 bits per heavy atom. The number of carbonyl (C=O) groups excluding carboxylic acids is 3. The monoisotopic (exact) mass is 412 g/mol. The average Bonchev–Trinajstić information content (AvgIpc) is 3.21. The van der Waals surface area contributed by atoms with Gasteiger partial charge in [-0.15, -0.1) is 0 Å². The highest BCUT2D eigenvalue weighted by atomic mass is 19.1. The molecule has 0 unspecified atom stereocenters. The second-order valence-corrected chi connectivity index (χ2v) is 7.06. The number of likely N-dealkylation sites (N-methyl/N-ethyl adjacent to an activating group) is 1. The predicted molar refractivity (Wildman–Crippen MR) is 114 cm³/mol. The van der Waals surface area contributed by atoms with Gasteiger partial charge >= 0.3 is 0 Å². The Kier molecular flexibility index (Phi) is 6.47. The Labute approximate surface area is 174 Å². The quantitative estimate of drug-likeness (QED) is 0.459. The van der Waals surface area contributed by atoms with Gasteiger partial charge in [0.05, 0.1) is 16.8 Å². The van der Waals surface area contributed by atoms with Gasteiger partial charge in [0.1, 0.15) is 5.82 Å². The Balaban J connectivity index is 1.89. The van der Waals surface area contributed by atoms with E-state index < -0.39 is 5.82 Å². The number of nitrogens with one attached hydrogen (secondary N) is 3. The number of rotatable bonds is 8. The third-order valence-electron chi connectivity index (χ3n) is 5.32. The summed E-state index contributed by atoms with van der Waals surface area (Å²) in [6.07, 6.45) is 2.12. The van der Waals surface area contributed by atoms with Gasteiger partial charge in [0.25, 0.3) is 11.8 Å². The fraction of sp³-hybridized carbons (Fsp3) is 0.318. The highest BCUT2D eigenvalue weighted by Gasteiger charge is 2.26. The zero-order chi connectivity index (χ0) is 21.8. The normalized spacial score (nSPS) is 14.2. The van der Waals surface area contributed by atoms with Crippen molar-refractivity contribution in [3.8, 4) is 0 Å². The van der Waals surface area contributed by atoms with Gasteiger partial charge in [-0.3, -0.25) is 14.4 Å². The largest absolute Gasteiger partial charge is 0.352 e. The molecule has 2 amide bonds. The number of aldehydes is 1. The third kappa shape index (κ3) is 4.18. The summed E-state index contributed by atoms with van der Waals surface area (Å²) >= 11 is 0. The molecule has 158 valence electrons. The second kappa shape index (κ2) is 9.04. The molecule has 1 aliphatic heterocycles.